The van der Waals surface area contributed by atoms with Crippen molar-refractivity contribution in [3.8, 4) is 23.0 Å². The number of rotatable bonds is 7. The zero-order valence-electron chi connectivity index (χ0n) is 21.6. The molecule has 198 valence electrons. The normalized spacial score (nSPS) is 15.5. The third-order valence-corrected chi connectivity index (χ3v) is 7.11. The maximum absolute atomic E-state index is 14.3. The van der Waals surface area contributed by atoms with Crippen molar-refractivity contribution in [1.82, 2.24) is 5.32 Å². The summed E-state index contributed by atoms with van der Waals surface area (Å²) in [6.07, 6.45) is 3.91. The number of anilines is 1. The van der Waals surface area contributed by atoms with E-state index in [2.05, 4.69) is 5.32 Å². The molecule has 3 aromatic rings. The summed E-state index contributed by atoms with van der Waals surface area (Å²) >= 11 is 0. The molecule has 0 aromatic heterocycles. The van der Waals surface area contributed by atoms with Gasteiger partial charge in [0.2, 0.25) is 5.91 Å². The van der Waals surface area contributed by atoms with Crippen molar-refractivity contribution >= 4 is 17.5 Å². The lowest BCUT2D eigenvalue weighted by atomic mass is 9.99. The Kier molecular flexibility index (Phi) is 7.40. The van der Waals surface area contributed by atoms with Gasteiger partial charge >= 0.3 is 0 Å². The van der Waals surface area contributed by atoms with Crippen LogP contribution < -0.4 is 24.4 Å². The van der Waals surface area contributed by atoms with Gasteiger partial charge in [-0.2, -0.15) is 0 Å². The summed E-state index contributed by atoms with van der Waals surface area (Å²) < 4.78 is 16.7. The van der Waals surface area contributed by atoms with Crippen molar-refractivity contribution in [3.63, 3.8) is 0 Å². The van der Waals surface area contributed by atoms with Crippen LogP contribution in [0.15, 0.2) is 60.7 Å². The summed E-state index contributed by atoms with van der Waals surface area (Å²) in [5.41, 5.74) is 2.32. The van der Waals surface area contributed by atoms with Gasteiger partial charge in [-0.25, -0.2) is 0 Å². The number of benzene rings is 3. The molecule has 0 saturated heterocycles. The highest BCUT2D eigenvalue weighted by atomic mass is 16.6. The van der Waals surface area contributed by atoms with Crippen LogP contribution in [0.2, 0.25) is 0 Å². The Balaban J connectivity index is 1.64. The maximum atomic E-state index is 14.3. The van der Waals surface area contributed by atoms with Gasteiger partial charge in [-0.3, -0.25) is 14.5 Å². The Bertz CT molecular complexity index is 1330. The second-order valence-corrected chi connectivity index (χ2v) is 9.64. The molecule has 1 heterocycles. The van der Waals surface area contributed by atoms with E-state index < -0.39 is 6.04 Å². The lowest BCUT2D eigenvalue weighted by Crippen LogP contribution is -2.46. The quantitative estimate of drug-likeness (QED) is 0.462. The van der Waals surface area contributed by atoms with Gasteiger partial charge in [0, 0.05) is 17.3 Å². The first-order valence-electron chi connectivity index (χ1n) is 12.9. The molecule has 2 amide bonds. The monoisotopic (exact) mass is 516 g/mol. The molecule has 1 saturated carbocycles. The first kappa shape index (κ1) is 25.4. The van der Waals surface area contributed by atoms with Crippen LogP contribution in [0.3, 0.4) is 0 Å². The number of aromatic hydroxyl groups is 1. The minimum atomic E-state index is -1.02. The van der Waals surface area contributed by atoms with Gasteiger partial charge in [0.05, 0.1) is 7.11 Å². The molecular weight excluding hydrogens is 484 g/mol. The number of nitrogens with one attached hydrogen (secondary N) is 1. The van der Waals surface area contributed by atoms with Gasteiger partial charge < -0.3 is 24.6 Å². The Morgan fingerprint density at radius 1 is 1.00 bits per heavy atom. The number of aryl methyl sites for hydroxylation is 1. The van der Waals surface area contributed by atoms with Crippen LogP contribution in [0.25, 0.3) is 0 Å². The Morgan fingerprint density at radius 2 is 1.74 bits per heavy atom. The lowest BCUT2D eigenvalue weighted by molar-refractivity contribution is -0.123. The molecule has 8 nitrogen and oxygen atoms in total. The van der Waals surface area contributed by atoms with Gasteiger partial charge in [-0.05, 0) is 67.3 Å². The molecule has 1 atom stereocenters. The van der Waals surface area contributed by atoms with Crippen LogP contribution in [0.5, 0.6) is 23.0 Å². The molecule has 0 bridgehead atoms. The molecule has 3 aromatic carbocycles. The fourth-order valence-electron chi connectivity index (χ4n) is 5.15. The Labute approximate surface area is 222 Å². The third-order valence-electron chi connectivity index (χ3n) is 7.11. The van der Waals surface area contributed by atoms with Gasteiger partial charge in [0.25, 0.3) is 5.91 Å². The number of fused-ring (bicyclic) bond motifs is 1. The minimum Gasteiger partial charge on any atom is -0.504 e. The van der Waals surface area contributed by atoms with Crippen molar-refractivity contribution in [2.75, 3.05) is 25.2 Å². The molecule has 1 unspecified atom stereocenters. The number of para-hydroxylation sites is 1. The Hall–Kier alpha value is -4.20. The number of methoxy groups -OCH3 is 1. The van der Waals surface area contributed by atoms with E-state index >= 15 is 0 Å². The van der Waals surface area contributed by atoms with E-state index in [4.69, 9.17) is 14.2 Å². The van der Waals surface area contributed by atoms with Crippen LogP contribution >= 0.6 is 0 Å². The number of carbonyl (C=O) groups is 2. The largest absolute Gasteiger partial charge is 0.504 e. The van der Waals surface area contributed by atoms with E-state index in [0.29, 0.717) is 41.5 Å². The van der Waals surface area contributed by atoms with E-state index in [-0.39, 0.29) is 29.4 Å². The number of ether oxygens (including phenoxy) is 3. The fourth-order valence-corrected chi connectivity index (χ4v) is 5.15. The van der Waals surface area contributed by atoms with Crippen LogP contribution in [-0.4, -0.2) is 43.3 Å². The number of nitrogens with zero attached hydrogens (tertiary/aromatic N) is 1. The van der Waals surface area contributed by atoms with Gasteiger partial charge in [-0.15, -0.1) is 0 Å². The molecule has 1 fully saturated rings. The molecule has 2 N–H and O–H groups in total. The number of amides is 2. The molecule has 1 aliphatic heterocycles. The number of phenolic OH excluding ortho intramolecular Hbond substituents is 1. The summed E-state index contributed by atoms with van der Waals surface area (Å²) in [6, 6.07) is 16.3. The van der Waals surface area contributed by atoms with E-state index in [9.17, 15) is 14.7 Å². The predicted octanol–water partition coefficient (Wildman–Crippen LogP) is 4.93. The van der Waals surface area contributed by atoms with Crippen molar-refractivity contribution in [3.05, 3.63) is 77.4 Å². The average molecular weight is 517 g/mol. The topological polar surface area (TPSA) is 97.3 Å². The predicted molar refractivity (Wildman–Crippen MR) is 143 cm³/mol. The van der Waals surface area contributed by atoms with Gasteiger partial charge in [-0.1, -0.05) is 37.1 Å². The summed E-state index contributed by atoms with van der Waals surface area (Å²) in [5.74, 6) is 0.581. The molecule has 8 heteroatoms. The van der Waals surface area contributed by atoms with E-state index in [0.717, 1.165) is 31.2 Å². The van der Waals surface area contributed by atoms with Crippen molar-refractivity contribution in [2.24, 2.45) is 0 Å². The summed E-state index contributed by atoms with van der Waals surface area (Å²) in [5, 5.41) is 13.4. The van der Waals surface area contributed by atoms with Crippen LogP contribution in [0.4, 0.5) is 5.69 Å². The Morgan fingerprint density at radius 3 is 2.47 bits per heavy atom. The van der Waals surface area contributed by atoms with Crippen LogP contribution in [0.1, 0.15) is 53.2 Å². The van der Waals surface area contributed by atoms with Crippen molar-refractivity contribution in [1.29, 1.82) is 0 Å². The fraction of sp³-hybridized carbons (Fsp3) is 0.333. The average Bonchev–Trinajstić information content (AvgIpc) is 3.45. The molecule has 5 rings (SSSR count). The highest BCUT2D eigenvalue weighted by Gasteiger charge is 2.36. The molecule has 38 heavy (non-hydrogen) atoms. The summed E-state index contributed by atoms with van der Waals surface area (Å²) in [4.78, 5) is 29.9. The van der Waals surface area contributed by atoms with Crippen LogP contribution in [0, 0.1) is 6.92 Å². The zero-order valence-corrected chi connectivity index (χ0v) is 21.6. The zero-order chi connectivity index (χ0) is 26.6. The number of carbonyl (C=O) groups excluding carboxylic acids is 2. The van der Waals surface area contributed by atoms with Gasteiger partial charge in [0.1, 0.15) is 19.3 Å². The molecule has 2 aliphatic rings. The molecule has 0 spiro atoms. The van der Waals surface area contributed by atoms with E-state index in [1.54, 1.807) is 30.3 Å². The number of hydrogen-bond acceptors (Lipinski definition) is 6. The second-order valence-electron chi connectivity index (χ2n) is 9.64. The van der Waals surface area contributed by atoms with E-state index in [1.807, 2.05) is 31.2 Å². The molecule has 1 aliphatic carbocycles. The van der Waals surface area contributed by atoms with Crippen LogP contribution in [-0.2, 0) is 4.79 Å². The smallest absolute Gasteiger partial charge is 0.259 e. The molecular formula is C30H32N2O6. The maximum Gasteiger partial charge on any atom is 0.259 e. The summed E-state index contributed by atoms with van der Waals surface area (Å²) in [6.45, 7) is 2.75. The first-order chi connectivity index (χ1) is 18.5. The third kappa shape index (κ3) is 5.11. The van der Waals surface area contributed by atoms with Gasteiger partial charge in [0.15, 0.2) is 23.0 Å². The summed E-state index contributed by atoms with van der Waals surface area (Å²) in [7, 11) is 1.45. The molecule has 0 radical (unpaired) electrons. The highest BCUT2D eigenvalue weighted by Crippen LogP contribution is 2.38. The number of hydrogen-bond donors (Lipinski definition) is 2. The van der Waals surface area contributed by atoms with Crippen molar-refractivity contribution < 1.29 is 28.9 Å². The second kappa shape index (κ2) is 11.0. The first-order valence-corrected chi connectivity index (χ1v) is 12.9. The lowest BCUT2D eigenvalue weighted by Gasteiger charge is -2.33. The minimum absolute atomic E-state index is 0.0483. The van der Waals surface area contributed by atoms with Crippen molar-refractivity contribution in [2.45, 2.75) is 44.7 Å². The van der Waals surface area contributed by atoms with E-state index in [1.165, 1.54) is 18.1 Å². The number of phenols is 1. The SMILES string of the molecule is COc1cc(C(C(=O)NC2CCCC2)N(C(=O)c2ccc3c(c2)OCCO3)c2ccccc2C)ccc1O. The standard InChI is InChI=1S/C30H32N2O6/c1-19-7-3-6-10-23(19)32(30(35)21-12-14-25-27(18-21)38-16-15-37-25)28(29(34)31-22-8-4-5-9-22)20-11-13-24(33)26(17-20)36-2/h3,6-7,10-14,17-18,22,28,33H,4-5,8-9,15-16H2,1-2H3,(H,31,34). The highest BCUT2D eigenvalue weighted by molar-refractivity contribution is 6.10.